The lowest BCUT2D eigenvalue weighted by atomic mass is 10.1. The Balaban J connectivity index is 2.06. The van der Waals surface area contributed by atoms with Crippen molar-refractivity contribution in [1.82, 2.24) is 5.32 Å². The number of hydrogen-bond donors (Lipinski definition) is 2. The Morgan fingerprint density at radius 2 is 1.76 bits per heavy atom. The van der Waals surface area contributed by atoms with Crippen LogP contribution < -0.4 is 10.6 Å². The summed E-state index contributed by atoms with van der Waals surface area (Å²) in [6.45, 7) is 3.91. The molecule has 0 aromatic heterocycles. The van der Waals surface area contributed by atoms with E-state index in [9.17, 15) is 19.7 Å². The van der Waals surface area contributed by atoms with E-state index < -0.39 is 10.8 Å². The van der Waals surface area contributed by atoms with Crippen LogP contribution in [0.1, 0.15) is 41.0 Å². The second kappa shape index (κ2) is 8.05. The number of benzene rings is 2. The van der Waals surface area contributed by atoms with Gasteiger partial charge in [-0.05, 0) is 43.7 Å². The fraction of sp³-hybridized carbons (Fsp3) is 0.222. The summed E-state index contributed by atoms with van der Waals surface area (Å²) in [7, 11) is 0. The number of nitro benzene ring substituents is 1. The van der Waals surface area contributed by atoms with Gasteiger partial charge in [-0.1, -0.05) is 13.0 Å². The highest BCUT2D eigenvalue weighted by molar-refractivity contribution is 6.05. The molecule has 2 rings (SSSR count). The number of carbonyl (C=O) groups excluding carboxylic acids is 2. The van der Waals surface area contributed by atoms with Gasteiger partial charge in [-0.2, -0.15) is 0 Å². The van der Waals surface area contributed by atoms with Crippen LogP contribution in [0.2, 0.25) is 0 Å². The van der Waals surface area contributed by atoms with Gasteiger partial charge in [0.2, 0.25) is 0 Å². The Labute approximate surface area is 145 Å². The van der Waals surface area contributed by atoms with Gasteiger partial charge in [0.25, 0.3) is 17.5 Å². The zero-order chi connectivity index (χ0) is 18.4. The van der Waals surface area contributed by atoms with E-state index in [4.69, 9.17) is 0 Å². The van der Waals surface area contributed by atoms with E-state index in [0.717, 1.165) is 6.42 Å². The molecule has 0 saturated heterocycles. The standard InChI is InChI=1S/C18H19N3O4/c1-3-12(2)19-17(22)13-7-9-15(10-8-13)20-18(23)14-5-4-6-16(11-14)21(24)25/h4-12H,3H2,1-2H3,(H,19,22)(H,20,23). The van der Waals surface area contributed by atoms with E-state index in [1.54, 1.807) is 24.3 Å². The lowest BCUT2D eigenvalue weighted by Gasteiger charge is -2.11. The molecule has 25 heavy (non-hydrogen) atoms. The van der Waals surface area contributed by atoms with Crippen LogP contribution in [0.3, 0.4) is 0 Å². The predicted octanol–water partition coefficient (Wildman–Crippen LogP) is 3.38. The van der Waals surface area contributed by atoms with E-state index in [-0.39, 0.29) is 23.2 Å². The van der Waals surface area contributed by atoms with E-state index in [1.165, 1.54) is 24.3 Å². The fourth-order valence-electron chi connectivity index (χ4n) is 2.08. The SMILES string of the molecule is CCC(C)NC(=O)c1ccc(NC(=O)c2cccc([N+](=O)[O-])c2)cc1. The molecule has 0 fully saturated rings. The number of rotatable bonds is 6. The first kappa shape index (κ1) is 18.1. The first-order valence-corrected chi connectivity index (χ1v) is 7.87. The van der Waals surface area contributed by atoms with Gasteiger partial charge in [-0.15, -0.1) is 0 Å². The Morgan fingerprint density at radius 1 is 1.08 bits per heavy atom. The highest BCUT2D eigenvalue weighted by Crippen LogP contribution is 2.16. The number of carbonyl (C=O) groups is 2. The number of hydrogen-bond acceptors (Lipinski definition) is 4. The number of nitro groups is 1. The first-order chi connectivity index (χ1) is 11.9. The van der Waals surface area contributed by atoms with Gasteiger partial charge < -0.3 is 10.6 Å². The average Bonchev–Trinajstić information content (AvgIpc) is 2.62. The van der Waals surface area contributed by atoms with Gasteiger partial charge in [0.15, 0.2) is 0 Å². The van der Waals surface area contributed by atoms with Gasteiger partial charge in [0.1, 0.15) is 0 Å². The van der Waals surface area contributed by atoms with Crippen LogP contribution in [0.15, 0.2) is 48.5 Å². The fourth-order valence-corrected chi connectivity index (χ4v) is 2.08. The minimum absolute atomic E-state index is 0.0840. The van der Waals surface area contributed by atoms with Gasteiger partial charge >= 0.3 is 0 Å². The van der Waals surface area contributed by atoms with Crippen molar-refractivity contribution >= 4 is 23.2 Å². The van der Waals surface area contributed by atoms with Crippen molar-refractivity contribution in [1.29, 1.82) is 0 Å². The van der Waals surface area contributed by atoms with Crippen molar-refractivity contribution in [3.63, 3.8) is 0 Å². The third-order valence-electron chi connectivity index (χ3n) is 3.71. The predicted molar refractivity (Wildman–Crippen MR) is 94.7 cm³/mol. The smallest absolute Gasteiger partial charge is 0.270 e. The molecule has 7 nitrogen and oxygen atoms in total. The Hall–Kier alpha value is -3.22. The van der Waals surface area contributed by atoms with Gasteiger partial charge in [0, 0.05) is 35.0 Å². The summed E-state index contributed by atoms with van der Waals surface area (Å²) in [5.41, 5.74) is 1.03. The molecule has 0 heterocycles. The van der Waals surface area contributed by atoms with Gasteiger partial charge in [0.05, 0.1) is 4.92 Å². The largest absolute Gasteiger partial charge is 0.350 e. The molecule has 1 unspecified atom stereocenters. The summed E-state index contributed by atoms with van der Waals surface area (Å²) in [5, 5.41) is 16.3. The van der Waals surface area contributed by atoms with Crippen LogP contribution in [0.25, 0.3) is 0 Å². The Bertz CT molecular complexity index is 787. The molecule has 0 aliphatic heterocycles. The molecule has 0 radical (unpaired) electrons. The molecule has 2 N–H and O–H groups in total. The van der Waals surface area contributed by atoms with E-state index in [1.807, 2.05) is 13.8 Å². The Morgan fingerprint density at radius 3 is 2.36 bits per heavy atom. The summed E-state index contributed by atoms with van der Waals surface area (Å²) in [6, 6.07) is 12.0. The second-order valence-electron chi connectivity index (χ2n) is 5.62. The molecule has 2 aromatic carbocycles. The molecule has 7 heteroatoms. The maximum absolute atomic E-state index is 12.2. The first-order valence-electron chi connectivity index (χ1n) is 7.87. The van der Waals surface area contributed by atoms with Crippen LogP contribution in [0.5, 0.6) is 0 Å². The van der Waals surface area contributed by atoms with Crippen molar-refractivity contribution in [3.05, 3.63) is 69.8 Å². The minimum Gasteiger partial charge on any atom is -0.350 e. The van der Waals surface area contributed by atoms with Gasteiger partial charge in [-0.25, -0.2) is 0 Å². The number of nitrogens with one attached hydrogen (secondary N) is 2. The highest BCUT2D eigenvalue weighted by Gasteiger charge is 2.12. The third kappa shape index (κ3) is 4.87. The van der Waals surface area contributed by atoms with Crippen molar-refractivity contribution < 1.29 is 14.5 Å². The maximum atomic E-state index is 12.2. The van der Waals surface area contributed by atoms with Crippen molar-refractivity contribution in [2.24, 2.45) is 0 Å². The van der Waals surface area contributed by atoms with E-state index in [2.05, 4.69) is 10.6 Å². The number of non-ortho nitro benzene ring substituents is 1. The van der Waals surface area contributed by atoms with E-state index in [0.29, 0.717) is 11.3 Å². The summed E-state index contributed by atoms with van der Waals surface area (Å²) in [5.74, 6) is -0.633. The van der Waals surface area contributed by atoms with E-state index >= 15 is 0 Å². The van der Waals surface area contributed by atoms with Crippen molar-refractivity contribution in [2.45, 2.75) is 26.3 Å². The van der Waals surface area contributed by atoms with Crippen LogP contribution in [-0.2, 0) is 0 Å². The summed E-state index contributed by atoms with van der Waals surface area (Å²) < 4.78 is 0. The summed E-state index contributed by atoms with van der Waals surface area (Å²) in [6.07, 6.45) is 0.836. The second-order valence-corrected chi connectivity index (χ2v) is 5.62. The average molecular weight is 341 g/mol. The molecular formula is C18H19N3O4. The third-order valence-corrected chi connectivity index (χ3v) is 3.71. The molecular weight excluding hydrogens is 322 g/mol. The topological polar surface area (TPSA) is 101 Å². The summed E-state index contributed by atoms with van der Waals surface area (Å²) in [4.78, 5) is 34.4. The molecule has 2 amide bonds. The van der Waals surface area contributed by atoms with Crippen LogP contribution in [-0.4, -0.2) is 22.8 Å². The van der Waals surface area contributed by atoms with Crippen LogP contribution >= 0.6 is 0 Å². The quantitative estimate of drug-likeness (QED) is 0.621. The molecule has 0 saturated carbocycles. The molecule has 0 spiro atoms. The molecule has 2 aromatic rings. The monoisotopic (exact) mass is 341 g/mol. The number of amides is 2. The number of anilines is 1. The molecule has 130 valence electrons. The Kier molecular flexibility index (Phi) is 5.84. The lowest BCUT2D eigenvalue weighted by Crippen LogP contribution is -2.31. The maximum Gasteiger partial charge on any atom is 0.270 e. The number of nitrogens with zero attached hydrogens (tertiary/aromatic N) is 1. The van der Waals surface area contributed by atoms with Crippen LogP contribution in [0.4, 0.5) is 11.4 Å². The highest BCUT2D eigenvalue weighted by atomic mass is 16.6. The van der Waals surface area contributed by atoms with Gasteiger partial charge in [-0.3, -0.25) is 19.7 Å². The minimum atomic E-state index is -0.554. The zero-order valence-electron chi connectivity index (χ0n) is 14.0. The lowest BCUT2D eigenvalue weighted by molar-refractivity contribution is -0.384. The van der Waals surface area contributed by atoms with Crippen molar-refractivity contribution in [2.75, 3.05) is 5.32 Å². The van der Waals surface area contributed by atoms with Crippen LogP contribution in [0, 0.1) is 10.1 Å². The summed E-state index contributed by atoms with van der Waals surface area (Å²) >= 11 is 0. The molecule has 0 bridgehead atoms. The molecule has 1 atom stereocenters. The normalized spacial score (nSPS) is 11.4. The van der Waals surface area contributed by atoms with Crippen molar-refractivity contribution in [3.8, 4) is 0 Å². The molecule has 0 aliphatic rings. The molecule has 0 aliphatic carbocycles. The zero-order valence-corrected chi connectivity index (χ0v) is 14.0.